The van der Waals surface area contributed by atoms with Gasteiger partial charge in [-0.1, -0.05) is 30.3 Å². The molecule has 124 valence electrons. The number of carbonyl (C=O) groups excluding carboxylic acids is 2. The van der Waals surface area contributed by atoms with Crippen molar-refractivity contribution in [2.45, 2.75) is 6.92 Å². The number of nitrogens with one attached hydrogen (secondary N) is 2. The predicted octanol–water partition coefficient (Wildman–Crippen LogP) is 1.36. The number of rotatable bonds is 6. The second-order valence-electron chi connectivity index (χ2n) is 4.82. The third-order valence-corrected chi connectivity index (χ3v) is 2.97. The number of nitrogens with zero attached hydrogens (tertiary/aromatic N) is 1. The lowest BCUT2D eigenvalue weighted by atomic mass is 10.1. The van der Waals surface area contributed by atoms with Gasteiger partial charge in [0.25, 0.3) is 0 Å². The van der Waals surface area contributed by atoms with Gasteiger partial charge in [0, 0.05) is 11.3 Å². The fourth-order valence-corrected chi connectivity index (χ4v) is 1.83. The molecule has 0 atom stereocenters. The van der Waals surface area contributed by atoms with Crippen LogP contribution in [0.15, 0.2) is 59.7 Å². The molecule has 0 fully saturated rings. The van der Waals surface area contributed by atoms with Gasteiger partial charge in [-0.2, -0.15) is 5.10 Å². The second kappa shape index (κ2) is 8.33. The Hall–Kier alpha value is -3.35. The van der Waals surface area contributed by atoms with Crippen LogP contribution < -0.4 is 20.6 Å². The molecule has 7 nitrogen and oxygen atoms in total. The topological polar surface area (TPSA) is 103 Å². The van der Waals surface area contributed by atoms with Crippen molar-refractivity contribution in [2.24, 2.45) is 5.10 Å². The summed E-state index contributed by atoms with van der Waals surface area (Å²) in [5, 5.41) is 17.0. The van der Waals surface area contributed by atoms with Crippen LogP contribution in [0.5, 0.6) is 5.75 Å². The van der Waals surface area contributed by atoms with Gasteiger partial charge in [0.2, 0.25) is 0 Å². The van der Waals surface area contributed by atoms with Crippen LogP contribution in [0.3, 0.4) is 0 Å². The molecule has 0 heterocycles. The molecule has 2 amide bonds. The quantitative estimate of drug-likeness (QED) is 0.618. The van der Waals surface area contributed by atoms with Gasteiger partial charge in [-0.25, -0.2) is 10.2 Å². The Kier molecular flexibility index (Phi) is 5.90. The fourth-order valence-electron chi connectivity index (χ4n) is 1.83. The van der Waals surface area contributed by atoms with E-state index in [0.29, 0.717) is 22.7 Å². The number of benzene rings is 2. The largest absolute Gasteiger partial charge is 0.546 e. The van der Waals surface area contributed by atoms with Crippen LogP contribution >= 0.6 is 0 Å². The lowest BCUT2D eigenvalue weighted by Crippen LogP contribution is -2.29. The molecular formula is C17H16N3O4-. The minimum Gasteiger partial charge on any atom is -0.546 e. The minimum atomic E-state index is -1.30. The van der Waals surface area contributed by atoms with Gasteiger partial charge in [0.1, 0.15) is 12.4 Å². The first kappa shape index (κ1) is 17.0. The zero-order valence-corrected chi connectivity index (χ0v) is 13.0. The Balaban J connectivity index is 1.96. The average Bonchev–Trinajstić information content (AvgIpc) is 2.59. The number of urea groups is 1. The van der Waals surface area contributed by atoms with Crippen LogP contribution in [0, 0.1) is 0 Å². The summed E-state index contributed by atoms with van der Waals surface area (Å²) in [5.74, 6) is -0.926. The molecule has 24 heavy (non-hydrogen) atoms. The number of ether oxygens (including phenoxy) is 1. The summed E-state index contributed by atoms with van der Waals surface area (Å²) in [4.78, 5) is 22.2. The Bertz CT molecular complexity index is 745. The summed E-state index contributed by atoms with van der Waals surface area (Å²) >= 11 is 0. The number of anilines is 1. The normalized spacial score (nSPS) is 10.8. The highest BCUT2D eigenvalue weighted by Crippen LogP contribution is 2.14. The molecule has 0 spiro atoms. The molecule has 2 aromatic rings. The molecule has 0 bridgehead atoms. The van der Waals surface area contributed by atoms with E-state index in [2.05, 4.69) is 15.8 Å². The van der Waals surface area contributed by atoms with E-state index in [9.17, 15) is 14.7 Å². The highest BCUT2D eigenvalue weighted by Gasteiger charge is 2.03. The first-order chi connectivity index (χ1) is 11.5. The van der Waals surface area contributed by atoms with Crippen LogP contribution in [-0.4, -0.2) is 24.3 Å². The van der Waals surface area contributed by atoms with E-state index in [1.807, 2.05) is 18.2 Å². The lowest BCUT2D eigenvalue weighted by molar-refractivity contribution is -0.307. The molecule has 0 aliphatic rings. The molecule has 0 saturated heterocycles. The van der Waals surface area contributed by atoms with Crippen molar-refractivity contribution in [1.82, 2.24) is 5.43 Å². The average molecular weight is 326 g/mol. The van der Waals surface area contributed by atoms with E-state index in [1.165, 1.54) is 0 Å². The predicted molar refractivity (Wildman–Crippen MR) is 87.8 cm³/mol. The minimum absolute atomic E-state index is 0.375. The van der Waals surface area contributed by atoms with Crippen molar-refractivity contribution in [1.29, 1.82) is 0 Å². The number of carbonyl (C=O) groups is 2. The van der Waals surface area contributed by atoms with Crippen LogP contribution in [0.4, 0.5) is 10.5 Å². The highest BCUT2D eigenvalue weighted by atomic mass is 16.5. The second-order valence-corrected chi connectivity index (χ2v) is 4.82. The number of aliphatic carboxylic acids is 1. The number of carboxylic acids is 1. The maximum atomic E-state index is 11.8. The van der Waals surface area contributed by atoms with Crippen LogP contribution in [-0.2, 0) is 4.79 Å². The van der Waals surface area contributed by atoms with Gasteiger partial charge in [-0.05, 0) is 31.2 Å². The summed E-state index contributed by atoms with van der Waals surface area (Å²) in [6.07, 6.45) is 0. The lowest BCUT2D eigenvalue weighted by Gasteiger charge is -2.09. The third-order valence-electron chi connectivity index (χ3n) is 2.97. The van der Waals surface area contributed by atoms with Crippen LogP contribution in [0.1, 0.15) is 12.5 Å². The van der Waals surface area contributed by atoms with Crippen molar-refractivity contribution in [3.05, 3.63) is 60.2 Å². The third kappa shape index (κ3) is 5.45. The van der Waals surface area contributed by atoms with Crippen molar-refractivity contribution in [3.63, 3.8) is 0 Å². The molecule has 0 aliphatic heterocycles. The molecule has 0 unspecified atom stereocenters. The van der Waals surface area contributed by atoms with Gasteiger partial charge >= 0.3 is 6.03 Å². The summed E-state index contributed by atoms with van der Waals surface area (Å²) in [7, 11) is 0. The molecule has 0 radical (unpaired) electrons. The Labute approximate surface area is 139 Å². The highest BCUT2D eigenvalue weighted by molar-refractivity contribution is 6.00. The van der Waals surface area contributed by atoms with E-state index in [0.717, 1.165) is 0 Å². The van der Waals surface area contributed by atoms with Crippen LogP contribution in [0.2, 0.25) is 0 Å². The maximum absolute atomic E-state index is 11.8. The summed E-state index contributed by atoms with van der Waals surface area (Å²) in [6.45, 7) is 1.18. The maximum Gasteiger partial charge on any atom is 0.339 e. The van der Waals surface area contributed by atoms with E-state index in [4.69, 9.17) is 4.74 Å². The zero-order chi connectivity index (χ0) is 17.4. The molecule has 0 aliphatic carbocycles. The number of carboxylic acid groups (broad SMARTS) is 1. The summed E-state index contributed by atoms with van der Waals surface area (Å²) in [6, 6.07) is 15.2. The molecule has 0 aromatic heterocycles. The zero-order valence-electron chi connectivity index (χ0n) is 13.0. The molecular weight excluding hydrogens is 310 g/mol. The Morgan fingerprint density at radius 3 is 2.58 bits per heavy atom. The standard InChI is InChI=1S/C17H17N3O4/c1-12(13-6-5-9-15(10-13)24-11-16(21)22)19-20-17(23)18-14-7-3-2-4-8-14/h2-10H,11H2,1H3,(H,21,22)(H2,18,20,23)/p-1/b19-12-. The van der Waals surface area contributed by atoms with Crippen molar-refractivity contribution in [3.8, 4) is 5.75 Å². The Morgan fingerprint density at radius 1 is 1.12 bits per heavy atom. The summed E-state index contributed by atoms with van der Waals surface area (Å²) in [5.41, 5.74) is 4.27. The van der Waals surface area contributed by atoms with Crippen molar-refractivity contribution in [2.75, 3.05) is 11.9 Å². The molecule has 2 rings (SSSR count). The first-order valence-corrected chi connectivity index (χ1v) is 7.14. The van der Waals surface area contributed by atoms with Gasteiger partial charge in [0.05, 0.1) is 11.7 Å². The number of hydrogen-bond donors (Lipinski definition) is 2. The molecule has 2 aromatic carbocycles. The number of para-hydroxylation sites is 1. The van der Waals surface area contributed by atoms with Gasteiger partial charge in [-0.3, -0.25) is 0 Å². The SMILES string of the molecule is C/C(=N/NC(=O)Nc1ccccc1)c1cccc(OCC(=O)[O-])c1. The van der Waals surface area contributed by atoms with Gasteiger partial charge in [-0.15, -0.1) is 0 Å². The molecule has 0 saturated carbocycles. The van der Waals surface area contributed by atoms with Gasteiger partial charge in [0.15, 0.2) is 0 Å². The van der Waals surface area contributed by atoms with Crippen molar-refractivity contribution >= 4 is 23.4 Å². The smallest absolute Gasteiger partial charge is 0.339 e. The summed E-state index contributed by atoms with van der Waals surface area (Å²) < 4.78 is 5.05. The van der Waals surface area contributed by atoms with Crippen LogP contribution in [0.25, 0.3) is 0 Å². The first-order valence-electron chi connectivity index (χ1n) is 7.14. The van der Waals surface area contributed by atoms with Crippen molar-refractivity contribution < 1.29 is 19.4 Å². The van der Waals surface area contributed by atoms with E-state index in [1.54, 1.807) is 43.3 Å². The monoisotopic (exact) mass is 326 g/mol. The fraction of sp³-hybridized carbons (Fsp3) is 0.118. The van der Waals surface area contributed by atoms with Gasteiger partial charge < -0.3 is 20.0 Å². The van der Waals surface area contributed by atoms with E-state index >= 15 is 0 Å². The number of hydrazone groups is 1. The Morgan fingerprint density at radius 2 is 1.88 bits per heavy atom. The number of amides is 2. The van der Waals surface area contributed by atoms with E-state index < -0.39 is 18.6 Å². The number of hydrogen-bond acceptors (Lipinski definition) is 5. The molecule has 7 heteroatoms. The molecule has 2 N–H and O–H groups in total. The van der Waals surface area contributed by atoms with E-state index in [-0.39, 0.29) is 0 Å².